The summed E-state index contributed by atoms with van der Waals surface area (Å²) < 4.78 is 5.52. The topological polar surface area (TPSA) is 44.8 Å². The molecule has 0 radical (unpaired) electrons. The van der Waals surface area contributed by atoms with Crippen LogP contribution in [0.4, 0.5) is 5.69 Å². The van der Waals surface area contributed by atoms with E-state index in [0.717, 1.165) is 88.5 Å². The van der Waals surface area contributed by atoms with Crippen molar-refractivity contribution in [1.29, 1.82) is 0 Å². The molecule has 1 aromatic rings. The van der Waals surface area contributed by atoms with Crippen molar-refractivity contribution in [3.63, 3.8) is 0 Å². The van der Waals surface area contributed by atoms with E-state index in [9.17, 15) is 4.79 Å². The van der Waals surface area contributed by atoms with Gasteiger partial charge in [0.1, 0.15) is 5.75 Å². The number of benzene rings is 1. The zero-order valence-electron chi connectivity index (χ0n) is 18.9. The van der Waals surface area contributed by atoms with Crippen LogP contribution in [0.25, 0.3) is 0 Å². The Morgan fingerprint density at radius 2 is 1.65 bits per heavy atom. The number of ether oxygens (including phenoxy) is 1. The number of para-hydroxylation sites is 2. The highest BCUT2D eigenvalue weighted by molar-refractivity contribution is 5.85. The largest absolute Gasteiger partial charge is 0.495 e. The van der Waals surface area contributed by atoms with Gasteiger partial charge in [0.15, 0.2) is 0 Å². The molecule has 5 nitrogen and oxygen atoms in total. The van der Waals surface area contributed by atoms with Crippen molar-refractivity contribution in [1.82, 2.24) is 10.2 Å². The molecule has 0 aromatic heterocycles. The van der Waals surface area contributed by atoms with Crippen molar-refractivity contribution in [2.45, 2.75) is 44.9 Å². The number of rotatable bonds is 7. The van der Waals surface area contributed by atoms with E-state index >= 15 is 0 Å². The summed E-state index contributed by atoms with van der Waals surface area (Å²) in [5.41, 5.74) is 1.19. The molecular formula is C25H38ClN3O2. The molecule has 0 unspecified atom stereocenters. The number of carbonyl (C=O) groups excluding carboxylic acids is 1. The van der Waals surface area contributed by atoms with Gasteiger partial charge >= 0.3 is 0 Å². The molecule has 5 aliphatic rings. The predicted molar refractivity (Wildman–Crippen MR) is 127 cm³/mol. The number of piperazine rings is 1. The maximum atomic E-state index is 13.1. The molecule has 4 bridgehead atoms. The summed E-state index contributed by atoms with van der Waals surface area (Å²) in [5, 5.41) is 3.34. The summed E-state index contributed by atoms with van der Waals surface area (Å²) in [5.74, 6) is 3.84. The first-order valence-corrected chi connectivity index (χ1v) is 12.0. The van der Waals surface area contributed by atoms with Crippen LogP contribution in [0.3, 0.4) is 0 Å². The van der Waals surface area contributed by atoms with Crippen LogP contribution in [-0.4, -0.2) is 57.2 Å². The molecule has 0 atom stereocenters. The first kappa shape index (κ1) is 22.7. The van der Waals surface area contributed by atoms with Crippen molar-refractivity contribution in [3.05, 3.63) is 24.3 Å². The second-order valence-electron chi connectivity index (χ2n) is 10.3. The van der Waals surface area contributed by atoms with Crippen molar-refractivity contribution in [2.75, 3.05) is 51.3 Å². The normalized spacial score (nSPS) is 31.9. The van der Waals surface area contributed by atoms with Gasteiger partial charge in [0.2, 0.25) is 5.91 Å². The molecule has 1 aromatic carbocycles. The Kier molecular flexibility index (Phi) is 7.02. The van der Waals surface area contributed by atoms with E-state index in [1.54, 1.807) is 7.11 Å². The molecule has 6 heteroatoms. The molecule has 0 spiro atoms. The molecule has 1 heterocycles. The third-order valence-electron chi connectivity index (χ3n) is 8.25. The number of methoxy groups -OCH3 is 1. The van der Waals surface area contributed by atoms with E-state index in [2.05, 4.69) is 27.2 Å². The number of carbonyl (C=O) groups is 1. The lowest BCUT2D eigenvalue weighted by molar-refractivity contribution is -0.146. The van der Waals surface area contributed by atoms with Crippen molar-refractivity contribution < 1.29 is 9.53 Å². The van der Waals surface area contributed by atoms with Crippen LogP contribution in [0.15, 0.2) is 24.3 Å². The third-order valence-corrected chi connectivity index (χ3v) is 8.25. The first-order valence-electron chi connectivity index (χ1n) is 12.0. The van der Waals surface area contributed by atoms with Gasteiger partial charge in [0.05, 0.1) is 12.8 Å². The van der Waals surface area contributed by atoms with Crippen LogP contribution in [0.5, 0.6) is 5.75 Å². The SMILES string of the molecule is COc1ccccc1N1CCN(CCCNC(=O)C23CC4CC(CC(C4)C2)C3)CC1.Cl. The Balaban J connectivity index is 0.00000231. The third kappa shape index (κ3) is 4.68. The Labute approximate surface area is 193 Å². The Morgan fingerprint density at radius 1 is 1.03 bits per heavy atom. The number of nitrogens with one attached hydrogen (secondary N) is 1. The predicted octanol–water partition coefficient (Wildman–Crippen LogP) is 3.96. The molecule has 31 heavy (non-hydrogen) atoms. The second-order valence-corrected chi connectivity index (χ2v) is 10.3. The van der Waals surface area contributed by atoms with Crippen molar-refractivity contribution >= 4 is 24.0 Å². The molecule has 1 saturated heterocycles. The fourth-order valence-corrected chi connectivity index (χ4v) is 7.18. The van der Waals surface area contributed by atoms with Crippen molar-refractivity contribution in [3.8, 4) is 5.75 Å². The van der Waals surface area contributed by atoms with E-state index < -0.39 is 0 Å². The minimum atomic E-state index is -0.00485. The van der Waals surface area contributed by atoms with Crippen LogP contribution in [0, 0.1) is 23.2 Å². The highest BCUT2D eigenvalue weighted by atomic mass is 35.5. The van der Waals surface area contributed by atoms with E-state index in [4.69, 9.17) is 4.74 Å². The van der Waals surface area contributed by atoms with Gasteiger partial charge < -0.3 is 15.0 Å². The second kappa shape index (κ2) is 9.58. The molecule has 5 fully saturated rings. The smallest absolute Gasteiger partial charge is 0.226 e. The van der Waals surface area contributed by atoms with Crippen LogP contribution in [-0.2, 0) is 4.79 Å². The standard InChI is InChI=1S/C25H37N3O2.ClH/c1-30-23-6-3-2-5-22(23)28-11-9-27(10-12-28)8-4-7-26-24(29)25-16-19-13-20(17-25)15-21(14-19)18-25;/h2-3,5-6,19-21H,4,7-18H2,1H3,(H,26,29);1H. The summed E-state index contributed by atoms with van der Waals surface area (Å²) in [6.07, 6.45) is 8.72. The zero-order valence-corrected chi connectivity index (χ0v) is 19.7. The maximum absolute atomic E-state index is 13.1. The molecule has 1 amide bonds. The zero-order chi connectivity index (χ0) is 20.6. The van der Waals surface area contributed by atoms with Gasteiger partial charge in [0.25, 0.3) is 0 Å². The Morgan fingerprint density at radius 3 is 2.26 bits per heavy atom. The van der Waals surface area contributed by atoms with Gasteiger partial charge in [0, 0.05) is 38.1 Å². The van der Waals surface area contributed by atoms with Gasteiger partial charge in [-0.05, 0) is 81.4 Å². The average Bonchev–Trinajstić information content (AvgIpc) is 2.76. The number of nitrogens with zero attached hydrogens (tertiary/aromatic N) is 2. The summed E-state index contributed by atoms with van der Waals surface area (Å²) >= 11 is 0. The molecule has 1 N–H and O–H groups in total. The number of halogens is 1. The lowest BCUT2D eigenvalue weighted by Crippen LogP contribution is -2.53. The number of amides is 1. The molecule has 6 rings (SSSR count). The van der Waals surface area contributed by atoms with Crippen LogP contribution >= 0.6 is 12.4 Å². The molecular weight excluding hydrogens is 410 g/mol. The van der Waals surface area contributed by atoms with Crippen LogP contribution < -0.4 is 15.0 Å². The minimum absolute atomic E-state index is 0. The average molecular weight is 448 g/mol. The number of anilines is 1. The molecule has 4 aliphatic carbocycles. The fraction of sp³-hybridized carbons (Fsp3) is 0.720. The van der Waals surface area contributed by atoms with E-state index in [1.807, 2.05) is 12.1 Å². The highest BCUT2D eigenvalue weighted by Gasteiger charge is 2.54. The number of hydrogen-bond acceptors (Lipinski definition) is 4. The lowest BCUT2D eigenvalue weighted by atomic mass is 9.49. The molecule has 172 valence electrons. The van der Waals surface area contributed by atoms with E-state index in [1.165, 1.54) is 24.9 Å². The molecule has 4 saturated carbocycles. The summed E-state index contributed by atoms with van der Waals surface area (Å²) in [7, 11) is 1.74. The van der Waals surface area contributed by atoms with Gasteiger partial charge in [-0.2, -0.15) is 0 Å². The Hall–Kier alpha value is -1.46. The van der Waals surface area contributed by atoms with Gasteiger partial charge in [-0.15, -0.1) is 12.4 Å². The van der Waals surface area contributed by atoms with E-state index in [-0.39, 0.29) is 17.8 Å². The van der Waals surface area contributed by atoms with Gasteiger partial charge in [-0.1, -0.05) is 12.1 Å². The first-order chi connectivity index (χ1) is 14.6. The van der Waals surface area contributed by atoms with Crippen LogP contribution in [0.2, 0.25) is 0 Å². The summed E-state index contributed by atoms with van der Waals surface area (Å²) in [6.45, 7) is 6.09. The maximum Gasteiger partial charge on any atom is 0.226 e. The minimum Gasteiger partial charge on any atom is -0.495 e. The molecule has 1 aliphatic heterocycles. The van der Waals surface area contributed by atoms with Crippen molar-refractivity contribution in [2.24, 2.45) is 23.2 Å². The Bertz CT molecular complexity index is 728. The highest BCUT2D eigenvalue weighted by Crippen LogP contribution is 2.60. The lowest BCUT2D eigenvalue weighted by Gasteiger charge is -2.55. The number of hydrogen-bond donors (Lipinski definition) is 1. The van der Waals surface area contributed by atoms with Crippen LogP contribution in [0.1, 0.15) is 44.9 Å². The van der Waals surface area contributed by atoms with Gasteiger partial charge in [-0.3, -0.25) is 9.69 Å². The fourth-order valence-electron chi connectivity index (χ4n) is 7.18. The van der Waals surface area contributed by atoms with Gasteiger partial charge in [-0.25, -0.2) is 0 Å². The quantitative estimate of drug-likeness (QED) is 0.642. The monoisotopic (exact) mass is 447 g/mol. The summed E-state index contributed by atoms with van der Waals surface area (Å²) in [4.78, 5) is 18.0. The summed E-state index contributed by atoms with van der Waals surface area (Å²) in [6, 6.07) is 8.29. The van der Waals surface area contributed by atoms with E-state index in [0.29, 0.717) is 5.91 Å².